The van der Waals surface area contributed by atoms with Gasteiger partial charge in [-0.15, -0.1) is 0 Å². The highest BCUT2D eigenvalue weighted by Gasteiger charge is 2.13. The van der Waals surface area contributed by atoms with Crippen LogP contribution in [0, 0.1) is 0 Å². The summed E-state index contributed by atoms with van der Waals surface area (Å²) in [6, 6.07) is 7.31. The fraction of sp³-hybridized carbons (Fsp3) is 0.214. The van der Waals surface area contributed by atoms with Crippen molar-refractivity contribution in [2.45, 2.75) is 6.54 Å². The van der Waals surface area contributed by atoms with Crippen LogP contribution in [-0.4, -0.2) is 15.1 Å². The van der Waals surface area contributed by atoms with Crippen LogP contribution in [0.4, 0.5) is 0 Å². The summed E-state index contributed by atoms with van der Waals surface area (Å²) in [5.41, 5.74) is 0.130. The number of benzene rings is 1. The minimum atomic E-state index is -0.482. The number of nitrogens with zero attached hydrogens (tertiary/aromatic N) is 5. The van der Waals surface area contributed by atoms with Crippen LogP contribution in [0.1, 0.15) is 5.56 Å². The van der Waals surface area contributed by atoms with Gasteiger partial charge in [-0.05, 0) is 11.6 Å². The Bertz CT molecular complexity index is 1030. The van der Waals surface area contributed by atoms with E-state index < -0.39 is 11.2 Å². The first kappa shape index (κ1) is 14.4. The van der Waals surface area contributed by atoms with Gasteiger partial charge in [0.05, 0.1) is 6.54 Å². The van der Waals surface area contributed by atoms with Gasteiger partial charge in [-0.3, -0.25) is 13.9 Å². The first-order valence-electron chi connectivity index (χ1n) is 6.50. The molecule has 112 valence electrons. The molecule has 0 aliphatic carbocycles. The Morgan fingerprint density at radius 1 is 1.14 bits per heavy atom. The van der Waals surface area contributed by atoms with Crippen LogP contribution in [0.15, 0.2) is 48.8 Å². The third-order valence-corrected chi connectivity index (χ3v) is 3.75. The summed E-state index contributed by atoms with van der Waals surface area (Å²) < 4.78 is 2.27. The monoisotopic (exact) mass is 317 g/mol. The number of guanidine groups is 1. The second kappa shape index (κ2) is 5.34. The van der Waals surface area contributed by atoms with E-state index in [0.717, 1.165) is 10.1 Å². The predicted octanol–water partition coefficient (Wildman–Crippen LogP) is -0.454. The first-order chi connectivity index (χ1) is 10.5. The van der Waals surface area contributed by atoms with Gasteiger partial charge in [-0.25, -0.2) is 14.8 Å². The van der Waals surface area contributed by atoms with Crippen LogP contribution in [0.3, 0.4) is 0 Å². The molecule has 0 saturated heterocycles. The molecule has 0 saturated carbocycles. The number of hydrogen-bond acceptors (Lipinski definition) is 3. The lowest BCUT2D eigenvalue weighted by molar-refractivity contribution is 0.648. The Morgan fingerprint density at radius 2 is 1.86 bits per heavy atom. The van der Waals surface area contributed by atoms with Crippen LogP contribution in [-0.2, 0) is 20.6 Å². The zero-order valence-electron chi connectivity index (χ0n) is 11.9. The van der Waals surface area contributed by atoms with Crippen LogP contribution in [0.25, 0.3) is 0 Å². The predicted molar refractivity (Wildman–Crippen MR) is 81.8 cm³/mol. The molecular weight excluding hydrogens is 306 g/mol. The molecule has 0 spiro atoms. The van der Waals surface area contributed by atoms with E-state index in [-0.39, 0.29) is 16.8 Å². The zero-order chi connectivity index (χ0) is 15.9. The normalized spacial score (nSPS) is 14.6. The summed E-state index contributed by atoms with van der Waals surface area (Å²) in [5, 5.41) is 0.730. The Hall–Kier alpha value is -2.54. The summed E-state index contributed by atoms with van der Waals surface area (Å²) in [7, 11) is 2.94. The lowest BCUT2D eigenvalue weighted by Gasteiger charge is -1.99. The van der Waals surface area contributed by atoms with Crippen molar-refractivity contribution >= 4 is 17.6 Å². The summed E-state index contributed by atoms with van der Waals surface area (Å²) in [4.78, 5) is 36.4. The quantitative estimate of drug-likeness (QED) is 0.751. The van der Waals surface area contributed by atoms with E-state index >= 15 is 0 Å². The van der Waals surface area contributed by atoms with E-state index in [4.69, 9.17) is 11.6 Å². The van der Waals surface area contributed by atoms with Crippen molar-refractivity contribution in [2.24, 2.45) is 29.1 Å². The molecule has 0 atom stereocenters. The van der Waals surface area contributed by atoms with Crippen molar-refractivity contribution in [3.05, 3.63) is 66.5 Å². The maximum absolute atomic E-state index is 12.0. The third-order valence-electron chi connectivity index (χ3n) is 3.38. The fourth-order valence-corrected chi connectivity index (χ4v) is 2.31. The number of hydrogen-bond donors (Lipinski definition) is 0. The van der Waals surface area contributed by atoms with E-state index in [1.807, 2.05) is 18.2 Å². The molecule has 0 N–H and O–H groups in total. The van der Waals surface area contributed by atoms with Gasteiger partial charge in [0.1, 0.15) is 0 Å². The average Bonchev–Trinajstić information content (AvgIpc) is 2.94. The molecule has 2 aromatic rings. The van der Waals surface area contributed by atoms with Gasteiger partial charge in [0.2, 0.25) is 5.96 Å². The summed E-state index contributed by atoms with van der Waals surface area (Å²) in [5.74, 6) is 0.160. The number of fused-ring (bicyclic) bond motifs is 1. The molecule has 0 amide bonds. The zero-order valence-corrected chi connectivity index (χ0v) is 12.7. The molecule has 0 bridgehead atoms. The minimum Gasteiger partial charge on any atom is -0.279 e. The van der Waals surface area contributed by atoms with E-state index in [1.54, 1.807) is 6.07 Å². The smallest absolute Gasteiger partial charge is 0.279 e. The van der Waals surface area contributed by atoms with Gasteiger partial charge in [0.25, 0.3) is 5.56 Å². The second-order valence-electron chi connectivity index (χ2n) is 4.81. The van der Waals surface area contributed by atoms with E-state index in [1.165, 1.54) is 18.7 Å². The van der Waals surface area contributed by atoms with Gasteiger partial charge in [0.15, 0.2) is 10.8 Å². The Labute approximate surface area is 129 Å². The lowest BCUT2D eigenvalue weighted by atomic mass is 10.2. The Morgan fingerprint density at radius 3 is 2.59 bits per heavy atom. The SMILES string of the molecule is Cn1c(=O)c2c(n(C)c1=O)=NC(=NCc1ccccc1Cl)N=2. The summed E-state index contributed by atoms with van der Waals surface area (Å²) in [6.45, 7) is 0.296. The minimum absolute atomic E-state index is 0.127. The van der Waals surface area contributed by atoms with Crippen molar-refractivity contribution < 1.29 is 0 Å². The van der Waals surface area contributed by atoms with Gasteiger partial charge < -0.3 is 0 Å². The topological polar surface area (TPSA) is 81.1 Å². The van der Waals surface area contributed by atoms with Crippen LogP contribution < -0.4 is 22.1 Å². The van der Waals surface area contributed by atoms with Crippen molar-refractivity contribution in [3.8, 4) is 0 Å². The molecule has 22 heavy (non-hydrogen) atoms. The summed E-state index contributed by atoms with van der Waals surface area (Å²) in [6.07, 6.45) is 0. The van der Waals surface area contributed by atoms with Gasteiger partial charge >= 0.3 is 5.69 Å². The van der Waals surface area contributed by atoms with Gasteiger partial charge in [0, 0.05) is 19.1 Å². The molecule has 8 heteroatoms. The largest absolute Gasteiger partial charge is 0.332 e. The van der Waals surface area contributed by atoms with Crippen LogP contribution >= 0.6 is 11.6 Å². The highest BCUT2D eigenvalue weighted by Crippen LogP contribution is 2.15. The molecular formula is C14H12ClN5O2. The molecule has 1 aromatic heterocycles. The third kappa shape index (κ3) is 2.29. The number of halogens is 1. The van der Waals surface area contributed by atoms with Gasteiger partial charge in [-0.2, -0.15) is 4.99 Å². The Balaban J connectivity index is 2.08. The Kier molecular flexibility index (Phi) is 3.50. The van der Waals surface area contributed by atoms with E-state index in [2.05, 4.69) is 15.0 Å². The van der Waals surface area contributed by atoms with Crippen LogP contribution in [0.2, 0.25) is 5.02 Å². The van der Waals surface area contributed by atoms with E-state index in [0.29, 0.717) is 11.6 Å². The van der Waals surface area contributed by atoms with Gasteiger partial charge in [-0.1, -0.05) is 29.8 Å². The molecule has 2 heterocycles. The molecule has 3 rings (SSSR count). The molecule has 0 radical (unpaired) electrons. The highest BCUT2D eigenvalue weighted by atomic mass is 35.5. The van der Waals surface area contributed by atoms with Crippen molar-refractivity contribution in [1.29, 1.82) is 0 Å². The molecule has 1 aliphatic rings. The maximum Gasteiger partial charge on any atom is 0.332 e. The van der Waals surface area contributed by atoms with E-state index in [9.17, 15) is 9.59 Å². The summed E-state index contributed by atoms with van der Waals surface area (Å²) >= 11 is 6.06. The van der Waals surface area contributed by atoms with Crippen LogP contribution in [0.5, 0.6) is 0 Å². The van der Waals surface area contributed by atoms with Crippen molar-refractivity contribution in [2.75, 3.05) is 0 Å². The first-order valence-corrected chi connectivity index (χ1v) is 6.88. The second-order valence-corrected chi connectivity index (χ2v) is 5.22. The number of rotatable bonds is 2. The molecule has 0 fully saturated rings. The molecule has 1 aromatic carbocycles. The van der Waals surface area contributed by atoms with Crippen molar-refractivity contribution in [1.82, 2.24) is 9.13 Å². The molecule has 1 aliphatic heterocycles. The maximum atomic E-state index is 12.0. The highest BCUT2D eigenvalue weighted by molar-refractivity contribution is 6.31. The van der Waals surface area contributed by atoms with Crippen molar-refractivity contribution in [3.63, 3.8) is 0 Å². The average molecular weight is 318 g/mol. The number of aliphatic imine (C=N–C) groups is 1. The molecule has 0 unspecified atom stereocenters. The number of aromatic nitrogens is 2. The molecule has 7 nitrogen and oxygen atoms in total. The standard InChI is InChI=1S/C14H12ClN5O2/c1-19-11-10(12(21)20(2)14(19)22)17-13(18-11)16-7-8-5-3-4-6-9(8)15/h3-6H,7H2,1-2H3. The fourth-order valence-electron chi connectivity index (χ4n) is 2.11. The lowest BCUT2D eigenvalue weighted by Crippen LogP contribution is -2.55.